The van der Waals surface area contributed by atoms with Crippen molar-refractivity contribution in [2.45, 2.75) is 69.8 Å². The average molecular weight is 340 g/mol. The molecule has 1 atom stereocenters. The van der Waals surface area contributed by atoms with Crippen molar-refractivity contribution in [3.05, 3.63) is 35.4 Å². The lowest BCUT2D eigenvalue weighted by atomic mass is 9.91. The van der Waals surface area contributed by atoms with Crippen LogP contribution in [0, 0.1) is 0 Å². The third-order valence-corrected chi connectivity index (χ3v) is 5.46. The van der Waals surface area contributed by atoms with Crippen LogP contribution in [0.2, 0.25) is 0 Å². The smallest absolute Gasteiger partial charge is 0.315 e. The lowest BCUT2D eigenvalue weighted by Gasteiger charge is -2.42. The lowest BCUT2D eigenvalue weighted by molar-refractivity contribution is -0.138. The molecule has 0 radical (unpaired) electrons. The number of benzene rings is 1. The topological polar surface area (TPSA) is 15.3 Å². The van der Waals surface area contributed by atoms with Crippen LogP contribution in [-0.4, -0.2) is 30.1 Å². The van der Waals surface area contributed by atoms with Gasteiger partial charge in [0.1, 0.15) is 0 Å². The van der Waals surface area contributed by atoms with Crippen molar-refractivity contribution in [3.8, 4) is 0 Å². The molecule has 3 rings (SSSR count). The lowest BCUT2D eigenvalue weighted by Crippen LogP contribution is -2.50. The highest BCUT2D eigenvalue weighted by atomic mass is 19.4. The van der Waals surface area contributed by atoms with Gasteiger partial charge in [0.05, 0.1) is 5.56 Å². The summed E-state index contributed by atoms with van der Waals surface area (Å²) in [6, 6.07) is 6.85. The first-order valence-electron chi connectivity index (χ1n) is 9.17. The van der Waals surface area contributed by atoms with Gasteiger partial charge in [-0.05, 0) is 43.9 Å². The van der Waals surface area contributed by atoms with Crippen molar-refractivity contribution in [1.82, 2.24) is 10.2 Å². The Morgan fingerprint density at radius 3 is 2.33 bits per heavy atom. The second kappa shape index (κ2) is 7.87. The van der Waals surface area contributed by atoms with E-state index in [1.807, 2.05) is 0 Å². The summed E-state index contributed by atoms with van der Waals surface area (Å²) in [5.41, 5.74) is -0.0595. The minimum Gasteiger partial charge on any atom is -0.315 e. The summed E-state index contributed by atoms with van der Waals surface area (Å²) >= 11 is 0. The molecule has 0 aromatic heterocycles. The zero-order valence-electron chi connectivity index (χ0n) is 14.1. The molecule has 134 valence electrons. The van der Waals surface area contributed by atoms with Gasteiger partial charge in [0.2, 0.25) is 0 Å². The van der Waals surface area contributed by atoms with Gasteiger partial charge in [-0.2, -0.15) is 13.2 Å². The van der Waals surface area contributed by atoms with E-state index in [9.17, 15) is 13.2 Å². The third kappa shape index (κ3) is 4.31. The molecule has 1 saturated heterocycles. The van der Waals surface area contributed by atoms with Crippen LogP contribution >= 0.6 is 0 Å². The van der Waals surface area contributed by atoms with Gasteiger partial charge < -0.3 is 5.32 Å². The molecule has 1 aliphatic heterocycles. The molecule has 2 fully saturated rings. The fourth-order valence-electron chi connectivity index (χ4n) is 4.22. The van der Waals surface area contributed by atoms with E-state index >= 15 is 0 Å². The van der Waals surface area contributed by atoms with Crippen LogP contribution in [0.5, 0.6) is 0 Å². The van der Waals surface area contributed by atoms with Gasteiger partial charge in [-0.1, -0.05) is 37.5 Å². The van der Waals surface area contributed by atoms with Crippen LogP contribution in [0.15, 0.2) is 24.3 Å². The predicted molar refractivity (Wildman–Crippen MR) is 89.8 cm³/mol. The first-order chi connectivity index (χ1) is 11.6. The number of hydrogen-bond acceptors (Lipinski definition) is 2. The Morgan fingerprint density at radius 2 is 1.67 bits per heavy atom. The van der Waals surface area contributed by atoms with Crippen LogP contribution in [0.25, 0.3) is 0 Å². The molecule has 1 aromatic carbocycles. The first kappa shape index (κ1) is 17.7. The molecule has 1 aliphatic carbocycles. The zero-order valence-corrected chi connectivity index (χ0v) is 14.1. The van der Waals surface area contributed by atoms with Crippen molar-refractivity contribution in [1.29, 1.82) is 0 Å². The second-order valence-corrected chi connectivity index (χ2v) is 7.12. The Kier molecular flexibility index (Phi) is 5.82. The number of hydrogen-bond donors (Lipinski definition) is 1. The maximum Gasteiger partial charge on any atom is 0.416 e. The van der Waals surface area contributed by atoms with E-state index in [0.717, 1.165) is 38.8 Å². The molecule has 2 aliphatic rings. The third-order valence-electron chi connectivity index (χ3n) is 5.46. The summed E-state index contributed by atoms with van der Waals surface area (Å²) in [5, 5.41) is 3.42. The van der Waals surface area contributed by atoms with Gasteiger partial charge in [0.15, 0.2) is 0 Å². The van der Waals surface area contributed by atoms with Gasteiger partial charge in [-0.3, -0.25) is 4.90 Å². The van der Waals surface area contributed by atoms with Gasteiger partial charge in [0.25, 0.3) is 0 Å². The standard InChI is InChI=1S/C19H27F3N2/c20-19(21,22)18-11-5-4-7-15(18)14-24(16-8-2-1-3-9-16)17-10-6-12-23-13-17/h4-5,7,11,16-17,23H,1-3,6,8-10,12-14H2/t17-/m1/s1. The monoisotopic (exact) mass is 340 g/mol. The number of piperidine rings is 1. The Morgan fingerprint density at radius 1 is 0.958 bits per heavy atom. The molecule has 1 aromatic rings. The number of halogens is 3. The number of rotatable bonds is 4. The fourth-order valence-corrected chi connectivity index (χ4v) is 4.22. The van der Waals surface area contributed by atoms with E-state index in [2.05, 4.69) is 10.2 Å². The highest BCUT2D eigenvalue weighted by Gasteiger charge is 2.35. The Balaban J connectivity index is 1.83. The number of alkyl halides is 3. The molecule has 1 heterocycles. The van der Waals surface area contributed by atoms with Crippen LogP contribution in [0.3, 0.4) is 0 Å². The Bertz CT molecular complexity index is 500. The second-order valence-electron chi connectivity index (χ2n) is 7.12. The zero-order chi connectivity index (χ0) is 17.0. The SMILES string of the molecule is FC(F)(F)c1ccccc1CN(C1CCCCC1)[C@@H]1CCCNC1. The molecule has 1 N–H and O–H groups in total. The van der Waals surface area contributed by atoms with Crippen LogP contribution in [0.1, 0.15) is 56.1 Å². The summed E-state index contributed by atoms with van der Waals surface area (Å²) in [6.45, 7) is 2.32. The van der Waals surface area contributed by atoms with Crippen molar-refractivity contribution in [2.24, 2.45) is 0 Å². The summed E-state index contributed by atoms with van der Waals surface area (Å²) in [5.74, 6) is 0. The van der Waals surface area contributed by atoms with E-state index < -0.39 is 11.7 Å². The normalized spacial score (nSPS) is 23.6. The predicted octanol–water partition coefficient (Wildman–Crippen LogP) is 4.59. The van der Waals surface area contributed by atoms with Crippen LogP contribution in [0.4, 0.5) is 13.2 Å². The molecular formula is C19H27F3N2. The molecule has 5 heteroatoms. The average Bonchev–Trinajstić information content (AvgIpc) is 2.61. The molecule has 24 heavy (non-hydrogen) atoms. The quantitative estimate of drug-likeness (QED) is 0.862. The molecule has 0 amide bonds. The molecule has 0 spiro atoms. The Hall–Kier alpha value is -1.07. The summed E-state index contributed by atoms with van der Waals surface area (Å²) in [4.78, 5) is 2.37. The summed E-state index contributed by atoms with van der Waals surface area (Å²) in [6.07, 6.45) is 3.79. The van der Waals surface area contributed by atoms with Crippen molar-refractivity contribution >= 4 is 0 Å². The van der Waals surface area contributed by atoms with Gasteiger partial charge in [0, 0.05) is 25.2 Å². The molecule has 1 saturated carbocycles. The van der Waals surface area contributed by atoms with Crippen LogP contribution in [-0.2, 0) is 12.7 Å². The molecule has 2 nitrogen and oxygen atoms in total. The van der Waals surface area contributed by atoms with E-state index in [-0.39, 0.29) is 0 Å². The van der Waals surface area contributed by atoms with Crippen LogP contribution < -0.4 is 5.32 Å². The van der Waals surface area contributed by atoms with E-state index in [1.165, 1.54) is 31.4 Å². The first-order valence-corrected chi connectivity index (χ1v) is 9.17. The Labute approximate surface area is 142 Å². The fraction of sp³-hybridized carbons (Fsp3) is 0.684. The van der Waals surface area contributed by atoms with Gasteiger partial charge in [-0.25, -0.2) is 0 Å². The maximum atomic E-state index is 13.4. The highest BCUT2D eigenvalue weighted by molar-refractivity contribution is 5.29. The van der Waals surface area contributed by atoms with Crippen molar-refractivity contribution in [3.63, 3.8) is 0 Å². The van der Waals surface area contributed by atoms with E-state index in [4.69, 9.17) is 0 Å². The molecular weight excluding hydrogens is 313 g/mol. The van der Waals surface area contributed by atoms with Gasteiger partial charge >= 0.3 is 6.18 Å². The molecule has 0 bridgehead atoms. The largest absolute Gasteiger partial charge is 0.416 e. The highest BCUT2D eigenvalue weighted by Crippen LogP contribution is 2.34. The minimum atomic E-state index is -4.28. The van der Waals surface area contributed by atoms with E-state index in [0.29, 0.717) is 24.2 Å². The number of nitrogens with zero attached hydrogens (tertiary/aromatic N) is 1. The van der Waals surface area contributed by atoms with E-state index in [1.54, 1.807) is 12.1 Å². The maximum absolute atomic E-state index is 13.4. The molecule has 0 unspecified atom stereocenters. The van der Waals surface area contributed by atoms with Crippen molar-refractivity contribution in [2.75, 3.05) is 13.1 Å². The number of nitrogens with one attached hydrogen (secondary N) is 1. The summed E-state index contributed by atoms with van der Waals surface area (Å²) in [7, 11) is 0. The van der Waals surface area contributed by atoms with Gasteiger partial charge in [-0.15, -0.1) is 0 Å². The summed E-state index contributed by atoms with van der Waals surface area (Å²) < 4.78 is 40.1. The van der Waals surface area contributed by atoms with Crippen molar-refractivity contribution < 1.29 is 13.2 Å². The minimum absolute atomic E-state index is 0.350.